The van der Waals surface area contributed by atoms with E-state index in [0.29, 0.717) is 18.2 Å². The summed E-state index contributed by atoms with van der Waals surface area (Å²) in [4.78, 5) is 24.1. The van der Waals surface area contributed by atoms with Crippen molar-refractivity contribution < 1.29 is 14.0 Å². The zero-order valence-electron chi connectivity index (χ0n) is 12.7. The molecule has 1 rings (SSSR count). The highest BCUT2D eigenvalue weighted by atomic mass is 16.3. The second-order valence-corrected chi connectivity index (χ2v) is 5.83. The lowest BCUT2D eigenvalue weighted by molar-refractivity contribution is -0.141. The molecule has 1 heterocycles. The van der Waals surface area contributed by atoms with Crippen molar-refractivity contribution in [3.63, 3.8) is 0 Å². The first-order chi connectivity index (χ1) is 9.34. The fraction of sp³-hybridized carbons (Fsp3) is 0.600. The molecule has 2 amide bonds. The summed E-state index contributed by atoms with van der Waals surface area (Å²) < 4.78 is 5.13. The molecule has 0 aliphatic carbocycles. The van der Waals surface area contributed by atoms with E-state index in [2.05, 4.69) is 24.5 Å². The first kappa shape index (κ1) is 16.3. The number of hydrogen-bond acceptors (Lipinski definition) is 3. The van der Waals surface area contributed by atoms with Crippen LogP contribution in [0.5, 0.6) is 0 Å². The molecule has 5 nitrogen and oxygen atoms in total. The minimum Gasteiger partial charge on any atom is -0.467 e. The second-order valence-electron chi connectivity index (χ2n) is 5.83. The van der Waals surface area contributed by atoms with E-state index in [1.165, 1.54) is 0 Å². The molecule has 0 saturated heterocycles. The SMILES string of the molecule is CC(C)CCNC(=O)C(C)(C)C(=O)NCc1ccco1. The largest absolute Gasteiger partial charge is 0.467 e. The van der Waals surface area contributed by atoms with Gasteiger partial charge in [0.2, 0.25) is 11.8 Å². The van der Waals surface area contributed by atoms with Crippen molar-refractivity contribution in [3.05, 3.63) is 24.2 Å². The summed E-state index contributed by atoms with van der Waals surface area (Å²) in [6, 6.07) is 3.53. The van der Waals surface area contributed by atoms with Crippen LogP contribution >= 0.6 is 0 Å². The van der Waals surface area contributed by atoms with Crippen LogP contribution < -0.4 is 10.6 Å². The number of hydrogen-bond donors (Lipinski definition) is 2. The van der Waals surface area contributed by atoms with E-state index in [9.17, 15) is 9.59 Å². The van der Waals surface area contributed by atoms with Gasteiger partial charge in [0.1, 0.15) is 11.2 Å². The van der Waals surface area contributed by atoms with Crippen LogP contribution in [-0.2, 0) is 16.1 Å². The molecule has 0 spiro atoms. The van der Waals surface area contributed by atoms with Gasteiger partial charge in [0.05, 0.1) is 12.8 Å². The summed E-state index contributed by atoms with van der Waals surface area (Å²) in [5, 5.41) is 5.52. The Labute approximate surface area is 120 Å². The summed E-state index contributed by atoms with van der Waals surface area (Å²) in [7, 11) is 0. The first-order valence-electron chi connectivity index (χ1n) is 6.93. The van der Waals surface area contributed by atoms with Gasteiger partial charge in [-0.2, -0.15) is 0 Å². The highest BCUT2D eigenvalue weighted by Crippen LogP contribution is 2.16. The molecule has 0 radical (unpaired) electrons. The Kier molecular flexibility index (Phi) is 5.80. The van der Waals surface area contributed by atoms with Crippen molar-refractivity contribution in [1.82, 2.24) is 10.6 Å². The Balaban J connectivity index is 2.44. The van der Waals surface area contributed by atoms with Crippen LogP contribution in [0.2, 0.25) is 0 Å². The van der Waals surface area contributed by atoms with Crippen molar-refractivity contribution in [2.75, 3.05) is 6.54 Å². The molecule has 5 heteroatoms. The molecule has 0 aliphatic rings. The van der Waals surface area contributed by atoms with E-state index >= 15 is 0 Å². The third-order valence-electron chi connectivity index (χ3n) is 3.15. The lowest BCUT2D eigenvalue weighted by atomic mass is 9.91. The molecule has 20 heavy (non-hydrogen) atoms. The highest BCUT2D eigenvalue weighted by molar-refractivity contribution is 6.04. The fourth-order valence-corrected chi connectivity index (χ4v) is 1.60. The zero-order chi connectivity index (χ0) is 15.2. The Bertz CT molecular complexity index is 436. The molecule has 0 atom stereocenters. The van der Waals surface area contributed by atoms with Gasteiger partial charge in [0, 0.05) is 6.54 Å². The molecule has 1 aromatic heterocycles. The predicted molar refractivity (Wildman–Crippen MR) is 76.8 cm³/mol. The summed E-state index contributed by atoms with van der Waals surface area (Å²) in [6.07, 6.45) is 2.45. The Morgan fingerprint density at radius 3 is 2.45 bits per heavy atom. The van der Waals surface area contributed by atoms with Gasteiger partial charge in [0.15, 0.2) is 0 Å². The topological polar surface area (TPSA) is 71.3 Å². The third kappa shape index (κ3) is 4.72. The van der Waals surface area contributed by atoms with Crippen molar-refractivity contribution in [1.29, 1.82) is 0 Å². The van der Waals surface area contributed by atoms with Crippen LogP contribution in [0.1, 0.15) is 39.9 Å². The maximum atomic E-state index is 12.1. The van der Waals surface area contributed by atoms with E-state index in [4.69, 9.17) is 4.42 Å². The van der Waals surface area contributed by atoms with Crippen molar-refractivity contribution in [2.45, 2.75) is 40.7 Å². The molecule has 0 bridgehead atoms. The Morgan fingerprint density at radius 2 is 1.90 bits per heavy atom. The standard InChI is InChI=1S/C15H24N2O3/c1-11(2)7-8-16-13(18)15(3,4)14(19)17-10-12-6-5-9-20-12/h5-6,9,11H,7-8,10H2,1-4H3,(H,16,18)(H,17,19). The van der Waals surface area contributed by atoms with Crippen LogP contribution in [0.4, 0.5) is 0 Å². The number of rotatable bonds is 7. The van der Waals surface area contributed by atoms with Gasteiger partial charge in [0.25, 0.3) is 0 Å². The quantitative estimate of drug-likeness (QED) is 0.751. The highest BCUT2D eigenvalue weighted by Gasteiger charge is 2.35. The van der Waals surface area contributed by atoms with Gasteiger partial charge in [-0.15, -0.1) is 0 Å². The van der Waals surface area contributed by atoms with Gasteiger partial charge in [-0.1, -0.05) is 13.8 Å². The van der Waals surface area contributed by atoms with Crippen LogP contribution in [0.15, 0.2) is 22.8 Å². The third-order valence-corrected chi connectivity index (χ3v) is 3.15. The average Bonchev–Trinajstić information content (AvgIpc) is 2.88. The van der Waals surface area contributed by atoms with E-state index in [-0.39, 0.29) is 18.4 Å². The summed E-state index contributed by atoms with van der Waals surface area (Å²) in [5.74, 6) is 0.617. The molecule has 0 fully saturated rings. The van der Waals surface area contributed by atoms with Crippen LogP contribution in [0, 0.1) is 11.3 Å². The Morgan fingerprint density at radius 1 is 1.25 bits per heavy atom. The molecular weight excluding hydrogens is 256 g/mol. The van der Waals surface area contributed by atoms with Crippen molar-refractivity contribution in [2.24, 2.45) is 11.3 Å². The van der Waals surface area contributed by atoms with Gasteiger partial charge >= 0.3 is 0 Å². The summed E-state index contributed by atoms with van der Waals surface area (Å²) in [5.41, 5.74) is -1.09. The van der Waals surface area contributed by atoms with Gasteiger partial charge < -0.3 is 15.1 Å². The normalized spacial score (nSPS) is 11.4. The predicted octanol–water partition coefficient (Wildman–Crippen LogP) is 2.08. The van der Waals surface area contributed by atoms with Crippen LogP contribution in [0.25, 0.3) is 0 Å². The van der Waals surface area contributed by atoms with Gasteiger partial charge in [-0.05, 0) is 38.3 Å². The number of carbonyl (C=O) groups is 2. The molecule has 112 valence electrons. The molecule has 0 aliphatic heterocycles. The average molecular weight is 280 g/mol. The van der Waals surface area contributed by atoms with Gasteiger partial charge in [-0.3, -0.25) is 9.59 Å². The number of carbonyl (C=O) groups excluding carboxylic acids is 2. The lowest BCUT2D eigenvalue weighted by Crippen LogP contribution is -2.47. The van der Waals surface area contributed by atoms with Crippen molar-refractivity contribution >= 4 is 11.8 Å². The number of furan rings is 1. The van der Waals surface area contributed by atoms with Crippen LogP contribution in [0.3, 0.4) is 0 Å². The number of nitrogens with one attached hydrogen (secondary N) is 2. The number of amides is 2. The lowest BCUT2D eigenvalue weighted by Gasteiger charge is -2.22. The summed E-state index contributed by atoms with van der Waals surface area (Å²) in [6.45, 7) is 8.30. The van der Waals surface area contributed by atoms with Crippen LogP contribution in [-0.4, -0.2) is 18.4 Å². The Hall–Kier alpha value is -1.78. The minimum absolute atomic E-state index is 0.255. The van der Waals surface area contributed by atoms with E-state index < -0.39 is 5.41 Å². The second kappa shape index (κ2) is 7.12. The maximum Gasteiger partial charge on any atom is 0.235 e. The molecular formula is C15H24N2O3. The molecule has 1 aromatic rings. The maximum absolute atomic E-state index is 12.1. The summed E-state index contributed by atoms with van der Waals surface area (Å²) >= 11 is 0. The first-order valence-corrected chi connectivity index (χ1v) is 6.93. The monoisotopic (exact) mass is 280 g/mol. The van der Waals surface area contributed by atoms with E-state index in [1.54, 1.807) is 32.2 Å². The fourth-order valence-electron chi connectivity index (χ4n) is 1.60. The molecule has 0 aromatic carbocycles. The molecule has 2 N–H and O–H groups in total. The molecule has 0 saturated carbocycles. The zero-order valence-corrected chi connectivity index (χ0v) is 12.7. The van der Waals surface area contributed by atoms with Crippen molar-refractivity contribution in [3.8, 4) is 0 Å². The van der Waals surface area contributed by atoms with E-state index in [1.807, 2.05) is 0 Å². The van der Waals surface area contributed by atoms with Gasteiger partial charge in [-0.25, -0.2) is 0 Å². The minimum atomic E-state index is -1.09. The molecule has 0 unspecified atom stereocenters. The van der Waals surface area contributed by atoms with E-state index in [0.717, 1.165) is 6.42 Å². The smallest absolute Gasteiger partial charge is 0.235 e.